The number of carbonyl (C=O) groups is 1. The van der Waals surface area contributed by atoms with Gasteiger partial charge in [0, 0.05) is 25.2 Å². The molecule has 1 aromatic carbocycles. The van der Waals surface area contributed by atoms with E-state index in [1.54, 1.807) is 26.4 Å². The number of methoxy groups -OCH3 is 2. The molecule has 0 saturated heterocycles. The van der Waals surface area contributed by atoms with E-state index in [-0.39, 0.29) is 5.91 Å². The van der Waals surface area contributed by atoms with Crippen molar-refractivity contribution in [3.8, 4) is 11.5 Å². The lowest BCUT2D eigenvalue weighted by Crippen LogP contribution is -2.33. The van der Waals surface area contributed by atoms with Gasteiger partial charge in [-0.1, -0.05) is 13.8 Å². The number of hydrogen-bond acceptors (Lipinski definition) is 6. The molecular formula is C19H26N4O3. The predicted octanol–water partition coefficient (Wildman–Crippen LogP) is 3.50. The molecule has 0 spiro atoms. The fraction of sp³-hybridized carbons (Fsp3) is 0.421. The lowest BCUT2D eigenvalue weighted by atomic mass is 10.2. The van der Waals surface area contributed by atoms with Gasteiger partial charge in [0.25, 0.3) is 5.91 Å². The van der Waals surface area contributed by atoms with E-state index in [9.17, 15) is 4.79 Å². The molecule has 0 aliphatic rings. The lowest BCUT2D eigenvalue weighted by molar-refractivity contribution is 0.0749. The number of ether oxygens (including phenoxy) is 2. The third kappa shape index (κ3) is 4.84. The van der Waals surface area contributed by atoms with Crippen LogP contribution in [0.25, 0.3) is 0 Å². The number of carbonyl (C=O) groups excluding carboxylic acids is 1. The number of aromatic nitrogens is 2. The Morgan fingerprint density at radius 3 is 2.42 bits per heavy atom. The molecule has 0 atom stereocenters. The van der Waals surface area contributed by atoms with Crippen LogP contribution in [0, 0.1) is 0 Å². The highest BCUT2D eigenvalue weighted by Gasteiger charge is 2.16. The molecular weight excluding hydrogens is 332 g/mol. The SMILES string of the molecule is CCCN(CCC)C(=O)c1cc(Nc2ccc(OC)cc2OC)ncn1. The summed E-state index contributed by atoms with van der Waals surface area (Å²) in [4.78, 5) is 22.9. The summed E-state index contributed by atoms with van der Waals surface area (Å²) in [6.45, 7) is 5.54. The van der Waals surface area contributed by atoms with Crippen molar-refractivity contribution in [3.63, 3.8) is 0 Å². The van der Waals surface area contributed by atoms with Crippen molar-refractivity contribution in [2.24, 2.45) is 0 Å². The number of rotatable bonds is 9. The van der Waals surface area contributed by atoms with Crippen molar-refractivity contribution in [3.05, 3.63) is 36.3 Å². The highest BCUT2D eigenvalue weighted by molar-refractivity contribution is 5.93. The average molecular weight is 358 g/mol. The molecule has 0 aliphatic heterocycles. The van der Waals surface area contributed by atoms with Crippen LogP contribution in [0.1, 0.15) is 37.2 Å². The van der Waals surface area contributed by atoms with Gasteiger partial charge < -0.3 is 19.7 Å². The maximum Gasteiger partial charge on any atom is 0.272 e. The van der Waals surface area contributed by atoms with Crippen LogP contribution in [0.15, 0.2) is 30.6 Å². The molecule has 2 aromatic rings. The van der Waals surface area contributed by atoms with Crippen molar-refractivity contribution in [1.82, 2.24) is 14.9 Å². The van der Waals surface area contributed by atoms with E-state index in [0.717, 1.165) is 18.5 Å². The van der Waals surface area contributed by atoms with Crippen molar-refractivity contribution in [2.45, 2.75) is 26.7 Å². The van der Waals surface area contributed by atoms with Gasteiger partial charge in [-0.25, -0.2) is 9.97 Å². The van der Waals surface area contributed by atoms with Gasteiger partial charge in [-0.2, -0.15) is 0 Å². The van der Waals surface area contributed by atoms with Crippen LogP contribution in [0.2, 0.25) is 0 Å². The molecule has 2 rings (SSSR count). The highest BCUT2D eigenvalue weighted by atomic mass is 16.5. The maximum absolute atomic E-state index is 12.7. The molecule has 0 radical (unpaired) electrons. The molecule has 1 N–H and O–H groups in total. The molecule has 1 amide bonds. The molecule has 1 heterocycles. The quantitative estimate of drug-likeness (QED) is 0.739. The van der Waals surface area contributed by atoms with Gasteiger partial charge >= 0.3 is 0 Å². The van der Waals surface area contributed by atoms with E-state index < -0.39 is 0 Å². The van der Waals surface area contributed by atoms with Crippen molar-refractivity contribution in [1.29, 1.82) is 0 Å². The van der Waals surface area contributed by atoms with E-state index in [1.165, 1.54) is 6.33 Å². The second-order valence-corrected chi connectivity index (χ2v) is 5.77. The van der Waals surface area contributed by atoms with E-state index in [1.807, 2.05) is 17.0 Å². The van der Waals surface area contributed by atoms with Crippen LogP contribution in [-0.4, -0.2) is 48.1 Å². The van der Waals surface area contributed by atoms with Gasteiger partial charge in [0.05, 0.1) is 19.9 Å². The van der Waals surface area contributed by atoms with Gasteiger partial charge in [-0.3, -0.25) is 4.79 Å². The Labute approximate surface area is 154 Å². The van der Waals surface area contributed by atoms with Crippen LogP contribution in [0.4, 0.5) is 11.5 Å². The summed E-state index contributed by atoms with van der Waals surface area (Å²) in [5, 5.41) is 3.17. The number of amides is 1. The monoisotopic (exact) mass is 358 g/mol. The summed E-state index contributed by atoms with van der Waals surface area (Å²) in [5.41, 5.74) is 1.10. The van der Waals surface area contributed by atoms with Crippen LogP contribution < -0.4 is 14.8 Å². The summed E-state index contributed by atoms with van der Waals surface area (Å²) in [7, 11) is 3.19. The first-order valence-corrected chi connectivity index (χ1v) is 8.73. The Hall–Kier alpha value is -2.83. The maximum atomic E-state index is 12.7. The summed E-state index contributed by atoms with van der Waals surface area (Å²) in [6, 6.07) is 7.09. The molecule has 7 heteroatoms. The second kappa shape index (κ2) is 9.60. The molecule has 0 saturated carbocycles. The fourth-order valence-corrected chi connectivity index (χ4v) is 2.60. The number of anilines is 2. The Bertz CT molecular complexity index is 730. The third-order valence-electron chi connectivity index (χ3n) is 3.83. The Kier molecular flexibility index (Phi) is 7.20. The fourth-order valence-electron chi connectivity index (χ4n) is 2.60. The van der Waals surface area contributed by atoms with Crippen LogP contribution in [0.3, 0.4) is 0 Å². The van der Waals surface area contributed by atoms with Gasteiger partial charge in [0.2, 0.25) is 0 Å². The van der Waals surface area contributed by atoms with E-state index >= 15 is 0 Å². The van der Waals surface area contributed by atoms with E-state index in [2.05, 4.69) is 29.1 Å². The molecule has 7 nitrogen and oxygen atoms in total. The Morgan fingerprint density at radius 1 is 1.08 bits per heavy atom. The minimum absolute atomic E-state index is 0.0826. The smallest absolute Gasteiger partial charge is 0.272 e. The van der Waals surface area contributed by atoms with Gasteiger partial charge in [-0.15, -0.1) is 0 Å². The summed E-state index contributed by atoms with van der Waals surface area (Å²) >= 11 is 0. The topological polar surface area (TPSA) is 76.6 Å². The highest BCUT2D eigenvalue weighted by Crippen LogP contribution is 2.31. The molecule has 0 unspecified atom stereocenters. The molecule has 140 valence electrons. The minimum Gasteiger partial charge on any atom is -0.497 e. The van der Waals surface area contributed by atoms with Gasteiger partial charge in [0.15, 0.2) is 0 Å². The Balaban J connectivity index is 2.22. The number of hydrogen-bond donors (Lipinski definition) is 1. The molecule has 0 bridgehead atoms. The molecule has 0 aliphatic carbocycles. The van der Waals surface area contributed by atoms with E-state index in [4.69, 9.17) is 9.47 Å². The number of nitrogens with zero attached hydrogens (tertiary/aromatic N) is 3. The normalized spacial score (nSPS) is 10.3. The standard InChI is InChI=1S/C19H26N4O3/c1-5-9-23(10-6-2)19(24)16-12-18(21-13-20-16)22-15-8-7-14(25-3)11-17(15)26-4/h7-8,11-13H,5-6,9-10H2,1-4H3,(H,20,21,22). The van der Waals surface area contributed by atoms with Crippen LogP contribution in [-0.2, 0) is 0 Å². The zero-order valence-electron chi connectivity index (χ0n) is 15.8. The largest absolute Gasteiger partial charge is 0.497 e. The van der Waals surface area contributed by atoms with Crippen molar-refractivity contribution < 1.29 is 14.3 Å². The zero-order chi connectivity index (χ0) is 18.9. The number of benzene rings is 1. The summed E-state index contributed by atoms with van der Waals surface area (Å²) in [5.74, 6) is 1.76. The lowest BCUT2D eigenvalue weighted by Gasteiger charge is -2.21. The first kappa shape index (κ1) is 19.5. The number of nitrogens with one attached hydrogen (secondary N) is 1. The van der Waals surface area contributed by atoms with Gasteiger partial charge in [-0.05, 0) is 25.0 Å². The first-order valence-electron chi connectivity index (χ1n) is 8.73. The molecule has 26 heavy (non-hydrogen) atoms. The van der Waals surface area contributed by atoms with Crippen LogP contribution >= 0.6 is 0 Å². The summed E-state index contributed by atoms with van der Waals surface area (Å²) in [6.07, 6.45) is 3.21. The predicted molar refractivity (Wildman–Crippen MR) is 101 cm³/mol. The first-order chi connectivity index (χ1) is 12.6. The van der Waals surface area contributed by atoms with Crippen molar-refractivity contribution >= 4 is 17.4 Å². The average Bonchev–Trinajstić information content (AvgIpc) is 2.67. The van der Waals surface area contributed by atoms with E-state index in [0.29, 0.717) is 36.1 Å². The van der Waals surface area contributed by atoms with Crippen molar-refractivity contribution in [2.75, 3.05) is 32.6 Å². The summed E-state index contributed by atoms with van der Waals surface area (Å²) < 4.78 is 10.6. The van der Waals surface area contributed by atoms with Crippen LogP contribution in [0.5, 0.6) is 11.5 Å². The second-order valence-electron chi connectivity index (χ2n) is 5.77. The third-order valence-corrected chi connectivity index (χ3v) is 3.83. The molecule has 0 fully saturated rings. The minimum atomic E-state index is -0.0826. The van der Waals surface area contributed by atoms with Gasteiger partial charge in [0.1, 0.15) is 29.3 Å². The molecule has 1 aromatic heterocycles. The Morgan fingerprint density at radius 2 is 1.81 bits per heavy atom. The zero-order valence-corrected chi connectivity index (χ0v) is 15.8.